The number of halogens is 2. The van der Waals surface area contributed by atoms with Gasteiger partial charge < -0.3 is 4.74 Å². The van der Waals surface area contributed by atoms with Gasteiger partial charge in [-0.3, -0.25) is 0 Å². The Labute approximate surface area is 218 Å². The first-order valence-electron chi connectivity index (χ1n) is 14.5. The average Bonchev–Trinajstić information content (AvgIpc) is 2.88. The topological polar surface area (TPSA) is 35.0 Å². The second-order valence-electron chi connectivity index (χ2n) is 10.1. The number of unbranched alkanes of at least 4 members (excludes halogenated alkanes) is 14. The summed E-state index contributed by atoms with van der Waals surface area (Å²) in [6.07, 6.45) is 20.1. The van der Waals surface area contributed by atoms with E-state index in [2.05, 4.69) is 23.8 Å². The van der Waals surface area contributed by atoms with Gasteiger partial charge in [0.1, 0.15) is 5.75 Å². The molecular formula is C31H48F2N2O. The van der Waals surface area contributed by atoms with Crippen molar-refractivity contribution in [1.82, 2.24) is 9.97 Å². The molecule has 1 heterocycles. The molecule has 0 spiro atoms. The second kappa shape index (κ2) is 18.2. The number of hydrogen-bond acceptors (Lipinski definition) is 3. The van der Waals surface area contributed by atoms with Crippen LogP contribution in [0.2, 0.25) is 0 Å². The predicted octanol–water partition coefficient (Wildman–Crippen LogP) is 10.3. The fourth-order valence-corrected chi connectivity index (χ4v) is 4.46. The number of aromatic nitrogens is 2. The minimum absolute atomic E-state index is 0.176. The zero-order valence-electron chi connectivity index (χ0n) is 22.8. The van der Waals surface area contributed by atoms with Crippen LogP contribution in [0.25, 0.3) is 11.4 Å². The summed E-state index contributed by atoms with van der Waals surface area (Å²) in [5.74, 6) is 0.779. The summed E-state index contributed by atoms with van der Waals surface area (Å²) in [5, 5.41) is 0. The first-order chi connectivity index (χ1) is 17.5. The van der Waals surface area contributed by atoms with Crippen molar-refractivity contribution in [3.05, 3.63) is 42.2 Å². The van der Waals surface area contributed by atoms with Crippen LogP contribution in [0.4, 0.5) is 8.78 Å². The summed E-state index contributed by atoms with van der Waals surface area (Å²) >= 11 is 0. The molecule has 0 aliphatic rings. The number of ether oxygens (including phenoxy) is 1. The lowest BCUT2D eigenvalue weighted by Gasteiger charge is -2.18. The Hall–Kier alpha value is -2.04. The molecule has 202 valence electrons. The number of nitrogens with zero attached hydrogens (tertiary/aromatic N) is 2. The van der Waals surface area contributed by atoms with Gasteiger partial charge in [0.05, 0.1) is 6.42 Å². The van der Waals surface area contributed by atoms with Gasteiger partial charge in [-0.2, -0.15) is 8.78 Å². The molecule has 0 saturated carbocycles. The van der Waals surface area contributed by atoms with E-state index < -0.39 is 6.11 Å². The molecule has 0 aliphatic carbocycles. The van der Waals surface area contributed by atoms with Crippen LogP contribution < -0.4 is 4.74 Å². The van der Waals surface area contributed by atoms with Crippen molar-refractivity contribution in [2.75, 3.05) is 0 Å². The summed E-state index contributed by atoms with van der Waals surface area (Å²) in [6.45, 7) is 4.45. The van der Waals surface area contributed by atoms with Crippen LogP contribution in [0.3, 0.4) is 0 Å². The summed E-state index contributed by atoms with van der Waals surface area (Å²) < 4.78 is 33.5. The lowest BCUT2D eigenvalue weighted by molar-refractivity contribution is -0.181. The molecule has 3 nitrogen and oxygen atoms in total. The molecule has 0 N–H and O–H groups in total. The molecule has 2 aromatic rings. The quantitative estimate of drug-likeness (QED) is 0.159. The Balaban J connectivity index is 1.67. The lowest BCUT2D eigenvalue weighted by Crippen LogP contribution is -2.24. The smallest absolute Gasteiger partial charge is 0.397 e. The van der Waals surface area contributed by atoms with Gasteiger partial charge in [0.2, 0.25) is 0 Å². The fourth-order valence-electron chi connectivity index (χ4n) is 4.46. The molecule has 0 radical (unpaired) electrons. The highest BCUT2D eigenvalue weighted by Crippen LogP contribution is 2.28. The van der Waals surface area contributed by atoms with Crippen molar-refractivity contribution >= 4 is 0 Å². The van der Waals surface area contributed by atoms with Crippen molar-refractivity contribution in [1.29, 1.82) is 0 Å². The zero-order valence-corrected chi connectivity index (χ0v) is 22.8. The molecule has 1 aromatic heterocycles. The van der Waals surface area contributed by atoms with E-state index >= 15 is 0 Å². The fraction of sp³-hybridized carbons (Fsp3) is 0.677. The van der Waals surface area contributed by atoms with Gasteiger partial charge in [-0.1, -0.05) is 104 Å². The maximum atomic E-state index is 14.3. The van der Waals surface area contributed by atoms with Gasteiger partial charge in [0, 0.05) is 18.0 Å². The number of hydrogen-bond donors (Lipinski definition) is 0. The third-order valence-corrected chi connectivity index (χ3v) is 6.73. The molecule has 0 amide bonds. The van der Waals surface area contributed by atoms with E-state index in [1.807, 2.05) is 12.4 Å². The van der Waals surface area contributed by atoms with Crippen molar-refractivity contribution in [3.63, 3.8) is 0 Å². The second-order valence-corrected chi connectivity index (χ2v) is 10.1. The van der Waals surface area contributed by atoms with Crippen LogP contribution in [-0.2, 0) is 6.42 Å². The maximum absolute atomic E-state index is 14.3. The lowest BCUT2D eigenvalue weighted by atomic mass is 10.1. The van der Waals surface area contributed by atoms with E-state index in [9.17, 15) is 8.78 Å². The first kappa shape index (κ1) is 30.2. The van der Waals surface area contributed by atoms with Crippen molar-refractivity contribution < 1.29 is 13.5 Å². The van der Waals surface area contributed by atoms with Gasteiger partial charge in [-0.25, -0.2) is 9.97 Å². The van der Waals surface area contributed by atoms with Gasteiger partial charge in [-0.05, 0) is 49.1 Å². The molecule has 0 bridgehead atoms. The van der Waals surface area contributed by atoms with Crippen LogP contribution >= 0.6 is 0 Å². The molecule has 0 unspecified atom stereocenters. The van der Waals surface area contributed by atoms with Crippen molar-refractivity contribution in [2.45, 2.75) is 136 Å². The molecule has 5 heteroatoms. The third kappa shape index (κ3) is 13.3. The Morgan fingerprint density at radius 2 is 1.11 bits per heavy atom. The average molecular weight is 503 g/mol. The number of alkyl halides is 2. The predicted molar refractivity (Wildman–Crippen MR) is 147 cm³/mol. The molecular weight excluding hydrogens is 454 g/mol. The largest absolute Gasteiger partial charge is 0.433 e. The number of benzene rings is 1. The van der Waals surface area contributed by atoms with E-state index in [0.29, 0.717) is 12.2 Å². The number of rotatable bonds is 21. The third-order valence-electron chi connectivity index (χ3n) is 6.73. The zero-order chi connectivity index (χ0) is 25.9. The minimum Gasteiger partial charge on any atom is -0.433 e. The maximum Gasteiger partial charge on any atom is 0.397 e. The summed E-state index contributed by atoms with van der Waals surface area (Å²) in [4.78, 5) is 8.96. The van der Waals surface area contributed by atoms with Crippen molar-refractivity contribution in [2.24, 2.45) is 0 Å². The molecule has 2 rings (SSSR count). The summed E-state index contributed by atoms with van der Waals surface area (Å²) in [6, 6.07) is 6.65. The van der Waals surface area contributed by atoms with E-state index in [1.54, 1.807) is 24.3 Å². The van der Waals surface area contributed by atoms with Gasteiger partial charge >= 0.3 is 6.11 Å². The van der Waals surface area contributed by atoms with E-state index in [-0.39, 0.29) is 12.2 Å². The molecule has 36 heavy (non-hydrogen) atoms. The first-order valence-corrected chi connectivity index (χ1v) is 14.5. The standard InChI is InChI=1S/C31H48F2N2O/c1-3-5-7-9-11-12-14-16-18-24-31(32,33)36-29-22-20-28(21-23-29)30-34-25-27(26-35-30)19-17-15-13-10-8-6-4-2/h20-23,25-26H,3-19,24H2,1-2H3. The van der Waals surface area contributed by atoms with Gasteiger partial charge in [-0.15, -0.1) is 0 Å². The SMILES string of the molecule is CCCCCCCCCCCC(F)(F)Oc1ccc(-c2ncc(CCCCCCCCC)cn2)cc1. The Kier molecular flexibility index (Phi) is 15.3. The van der Waals surface area contributed by atoms with Crippen LogP contribution in [-0.4, -0.2) is 16.1 Å². The van der Waals surface area contributed by atoms with E-state index in [1.165, 1.54) is 70.6 Å². The van der Waals surface area contributed by atoms with E-state index in [0.717, 1.165) is 43.2 Å². The Morgan fingerprint density at radius 1 is 0.639 bits per heavy atom. The highest BCUT2D eigenvalue weighted by Gasteiger charge is 2.30. The van der Waals surface area contributed by atoms with Crippen LogP contribution in [0.1, 0.15) is 129 Å². The van der Waals surface area contributed by atoms with Crippen LogP contribution in [0, 0.1) is 0 Å². The van der Waals surface area contributed by atoms with Crippen LogP contribution in [0.15, 0.2) is 36.7 Å². The van der Waals surface area contributed by atoms with E-state index in [4.69, 9.17) is 4.74 Å². The highest BCUT2D eigenvalue weighted by molar-refractivity contribution is 5.55. The molecule has 0 fully saturated rings. The molecule has 0 atom stereocenters. The minimum atomic E-state index is -3.14. The van der Waals surface area contributed by atoms with Crippen molar-refractivity contribution in [3.8, 4) is 17.1 Å². The number of aryl methyl sites for hydroxylation is 1. The Morgan fingerprint density at radius 3 is 1.64 bits per heavy atom. The monoisotopic (exact) mass is 502 g/mol. The van der Waals surface area contributed by atoms with Gasteiger partial charge in [0.25, 0.3) is 0 Å². The summed E-state index contributed by atoms with van der Waals surface area (Å²) in [7, 11) is 0. The highest BCUT2D eigenvalue weighted by atomic mass is 19.3. The van der Waals surface area contributed by atoms with Crippen LogP contribution in [0.5, 0.6) is 5.75 Å². The molecule has 0 saturated heterocycles. The van der Waals surface area contributed by atoms with Gasteiger partial charge in [0.15, 0.2) is 5.82 Å². The normalized spacial score (nSPS) is 11.7. The Bertz CT molecular complexity index is 793. The summed E-state index contributed by atoms with van der Waals surface area (Å²) in [5.41, 5.74) is 1.94. The molecule has 0 aliphatic heterocycles. The molecule has 1 aromatic carbocycles.